The van der Waals surface area contributed by atoms with Crippen molar-refractivity contribution in [2.24, 2.45) is 0 Å². The number of nitrogen functional groups attached to an aromatic ring is 1. The maximum absolute atomic E-state index is 12.4. The topological polar surface area (TPSA) is 93.8 Å². The van der Waals surface area contributed by atoms with Crippen LogP contribution in [0.25, 0.3) is 11.4 Å². The number of pyridine rings is 1. The number of nitrogens with two attached hydrogens (primary N) is 1. The zero-order chi connectivity index (χ0) is 16.2. The van der Waals surface area contributed by atoms with Crippen molar-refractivity contribution in [3.8, 4) is 11.4 Å². The van der Waals surface area contributed by atoms with Crippen LogP contribution in [0, 0.1) is 6.92 Å². The summed E-state index contributed by atoms with van der Waals surface area (Å²) in [5, 5.41) is 2.82. The van der Waals surface area contributed by atoms with Gasteiger partial charge in [0.05, 0.1) is 0 Å². The lowest BCUT2D eigenvalue weighted by Gasteiger charge is -2.09. The van der Waals surface area contributed by atoms with E-state index < -0.39 is 0 Å². The van der Waals surface area contributed by atoms with Gasteiger partial charge in [0.1, 0.15) is 11.4 Å². The number of carbonyl (C=O) groups excluding carboxylic acids is 1. The molecule has 0 saturated heterocycles. The summed E-state index contributed by atoms with van der Waals surface area (Å²) in [6.45, 7) is 1.92. The fraction of sp³-hybridized carbons (Fsp3) is 0.0588. The third-order valence-electron chi connectivity index (χ3n) is 3.38. The molecule has 23 heavy (non-hydrogen) atoms. The van der Waals surface area contributed by atoms with Crippen LogP contribution in [0.4, 0.5) is 11.5 Å². The molecule has 3 N–H and O–H groups in total. The van der Waals surface area contributed by atoms with E-state index in [0.717, 1.165) is 16.8 Å². The minimum absolute atomic E-state index is 0.130. The number of aromatic nitrogens is 3. The van der Waals surface area contributed by atoms with Gasteiger partial charge >= 0.3 is 0 Å². The molecule has 6 nitrogen and oxygen atoms in total. The van der Waals surface area contributed by atoms with Crippen molar-refractivity contribution in [3.63, 3.8) is 0 Å². The highest BCUT2D eigenvalue weighted by Gasteiger charge is 2.14. The van der Waals surface area contributed by atoms with Crippen molar-refractivity contribution in [2.45, 2.75) is 6.92 Å². The summed E-state index contributed by atoms with van der Waals surface area (Å²) in [6, 6.07) is 11.1. The van der Waals surface area contributed by atoms with Crippen LogP contribution in [0.2, 0.25) is 0 Å². The molecule has 3 rings (SSSR count). The first kappa shape index (κ1) is 14.6. The van der Waals surface area contributed by atoms with Crippen LogP contribution in [0.3, 0.4) is 0 Å². The van der Waals surface area contributed by atoms with Crippen LogP contribution >= 0.6 is 0 Å². The first-order valence-electron chi connectivity index (χ1n) is 7.05. The third-order valence-corrected chi connectivity index (χ3v) is 3.38. The van der Waals surface area contributed by atoms with E-state index in [1.165, 1.54) is 6.20 Å². The molecule has 1 aromatic carbocycles. The standard InChI is InChI=1S/C17H15N5O/c1-11-5-2-3-7-14(11)21-17(23)13-10-20-16(22-15(13)18)12-6-4-8-19-9-12/h2-10H,1H3,(H,21,23)(H2,18,20,22). The molecule has 0 atom stereocenters. The summed E-state index contributed by atoms with van der Waals surface area (Å²) in [6.07, 6.45) is 4.73. The van der Waals surface area contributed by atoms with Crippen LogP contribution < -0.4 is 11.1 Å². The van der Waals surface area contributed by atoms with E-state index in [1.807, 2.05) is 37.3 Å². The minimum Gasteiger partial charge on any atom is -0.383 e. The van der Waals surface area contributed by atoms with Crippen molar-refractivity contribution in [3.05, 3.63) is 66.1 Å². The molecule has 3 aromatic rings. The monoisotopic (exact) mass is 305 g/mol. The van der Waals surface area contributed by atoms with Gasteiger partial charge < -0.3 is 11.1 Å². The number of hydrogen-bond donors (Lipinski definition) is 2. The van der Waals surface area contributed by atoms with Gasteiger partial charge in [0.25, 0.3) is 5.91 Å². The average Bonchev–Trinajstić information content (AvgIpc) is 2.57. The van der Waals surface area contributed by atoms with E-state index in [-0.39, 0.29) is 17.3 Å². The van der Waals surface area contributed by atoms with E-state index in [0.29, 0.717) is 5.82 Å². The molecule has 0 aliphatic carbocycles. The highest BCUT2D eigenvalue weighted by atomic mass is 16.1. The molecule has 0 saturated carbocycles. The summed E-state index contributed by atoms with van der Waals surface area (Å²) >= 11 is 0. The lowest BCUT2D eigenvalue weighted by atomic mass is 10.2. The number of rotatable bonds is 3. The number of aryl methyl sites for hydroxylation is 1. The summed E-state index contributed by atoms with van der Waals surface area (Å²) in [7, 11) is 0. The molecule has 6 heteroatoms. The number of amides is 1. The molecule has 0 fully saturated rings. The van der Waals surface area contributed by atoms with Gasteiger partial charge in [0, 0.05) is 29.8 Å². The van der Waals surface area contributed by atoms with Gasteiger partial charge in [-0.1, -0.05) is 18.2 Å². The van der Waals surface area contributed by atoms with Crippen LogP contribution in [-0.2, 0) is 0 Å². The highest BCUT2D eigenvalue weighted by molar-refractivity contribution is 6.07. The quantitative estimate of drug-likeness (QED) is 0.776. The predicted octanol–water partition coefficient (Wildman–Crippen LogP) is 2.68. The van der Waals surface area contributed by atoms with Crippen LogP contribution in [0.15, 0.2) is 55.0 Å². The Hall–Kier alpha value is -3.28. The Labute approximate surface area is 133 Å². The molecule has 1 amide bonds. The van der Waals surface area contributed by atoms with Gasteiger partial charge in [-0.3, -0.25) is 9.78 Å². The number of nitrogens with zero attached hydrogens (tertiary/aromatic N) is 3. The third kappa shape index (κ3) is 3.16. The highest BCUT2D eigenvalue weighted by Crippen LogP contribution is 2.19. The SMILES string of the molecule is Cc1ccccc1NC(=O)c1cnc(-c2cccnc2)nc1N. The van der Waals surface area contributed by atoms with Gasteiger partial charge in [-0.05, 0) is 30.7 Å². The maximum atomic E-state index is 12.4. The minimum atomic E-state index is -0.338. The first-order valence-corrected chi connectivity index (χ1v) is 7.05. The average molecular weight is 305 g/mol. The number of para-hydroxylation sites is 1. The van der Waals surface area contributed by atoms with Crippen LogP contribution in [0.1, 0.15) is 15.9 Å². The molecule has 2 heterocycles. The van der Waals surface area contributed by atoms with Crippen molar-refractivity contribution < 1.29 is 4.79 Å². The zero-order valence-electron chi connectivity index (χ0n) is 12.5. The lowest BCUT2D eigenvalue weighted by Crippen LogP contribution is -2.16. The Bertz CT molecular complexity index is 849. The van der Waals surface area contributed by atoms with E-state index >= 15 is 0 Å². The molecule has 0 radical (unpaired) electrons. The summed E-state index contributed by atoms with van der Waals surface area (Å²) in [4.78, 5) is 24.8. The van der Waals surface area contributed by atoms with Gasteiger partial charge in [0.2, 0.25) is 0 Å². The number of nitrogens with one attached hydrogen (secondary N) is 1. The molecule has 0 spiro atoms. The Morgan fingerprint density at radius 2 is 1.96 bits per heavy atom. The van der Waals surface area contributed by atoms with Crippen molar-refractivity contribution in [1.29, 1.82) is 0 Å². The Balaban J connectivity index is 1.86. The normalized spacial score (nSPS) is 10.3. The van der Waals surface area contributed by atoms with E-state index in [1.54, 1.807) is 18.5 Å². The van der Waals surface area contributed by atoms with Gasteiger partial charge in [-0.2, -0.15) is 0 Å². The summed E-state index contributed by atoms with van der Waals surface area (Å²) < 4.78 is 0. The molecular weight excluding hydrogens is 290 g/mol. The van der Waals surface area contributed by atoms with Crippen LogP contribution in [0.5, 0.6) is 0 Å². The van der Waals surface area contributed by atoms with Gasteiger partial charge in [-0.25, -0.2) is 9.97 Å². The first-order chi connectivity index (χ1) is 11.1. The van der Waals surface area contributed by atoms with Gasteiger partial charge in [0.15, 0.2) is 5.82 Å². The fourth-order valence-electron chi connectivity index (χ4n) is 2.11. The predicted molar refractivity (Wildman–Crippen MR) is 88.8 cm³/mol. The molecular formula is C17H15N5O. The Morgan fingerprint density at radius 1 is 1.13 bits per heavy atom. The Morgan fingerprint density at radius 3 is 2.65 bits per heavy atom. The lowest BCUT2D eigenvalue weighted by molar-refractivity contribution is 0.102. The number of benzene rings is 1. The number of hydrogen-bond acceptors (Lipinski definition) is 5. The Kier molecular flexibility index (Phi) is 3.97. The molecule has 0 bridgehead atoms. The zero-order valence-corrected chi connectivity index (χ0v) is 12.5. The van der Waals surface area contributed by atoms with Gasteiger partial charge in [-0.15, -0.1) is 0 Å². The molecule has 0 unspecified atom stereocenters. The molecule has 2 aromatic heterocycles. The second-order valence-corrected chi connectivity index (χ2v) is 5.00. The van der Waals surface area contributed by atoms with E-state index in [9.17, 15) is 4.79 Å². The van der Waals surface area contributed by atoms with Crippen LogP contribution in [-0.4, -0.2) is 20.9 Å². The molecule has 114 valence electrons. The smallest absolute Gasteiger partial charge is 0.260 e. The largest absolute Gasteiger partial charge is 0.383 e. The van der Waals surface area contributed by atoms with Crippen molar-refractivity contribution in [2.75, 3.05) is 11.1 Å². The summed E-state index contributed by atoms with van der Waals surface area (Å²) in [5.74, 6) is 0.225. The molecule has 0 aliphatic rings. The van der Waals surface area contributed by atoms with Crippen molar-refractivity contribution >= 4 is 17.4 Å². The summed E-state index contributed by atoms with van der Waals surface area (Å²) in [5.41, 5.74) is 8.59. The second kappa shape index (κ2) is 6.23. The second-order valence-electron chi connectivity index (χ2n) is 5.00. The maximum Gasteiger partial charge on any atom is 0.260 e. The van der Waals surface area contributed by atoms with E-state index in [2.05, 4.69) is 20.3 Å². The molecule has 0 aliphatic heterocycles. The number of anilines is 2. The van der Waals surface area contributed by atoms with Crippen molar-refractivity contribution in [1.82, 2.24) is 15.0 Å². The van der Waals surface area contributed by atoms with E-state index in [4.69, 9.17) is 5.73 Å². The number of carbonyl (C=O) groups is 1. The fourth-order valence-corrected chi connectivity index (χ4v) is 2.11.